The predicted molar refractivity (Wildman–Crippen MR) is 35.7 cm³/mol. The van der Waals surface area contributed by atoms with E-state index in [1.807, 2.05) is 0 Å². The van der Waals surface area contributed by atoms with E-state index in [1.165, 1.54) is 18.1 Å². The Balaban J connectivity index is 3.07. The van der Waals surface area contributed by atoms with E-state index in [0.717, 1.165) is 6.54 Å². The number of hydrogen-bond donors (Lipinski definition) is 2. The van der Waals surface area contributed by atoms with E-state index >= 15 is 0 Å². The fourth-order valence-electron chi connectivity index (χ4n) is 0.750. The van der Waals surface area contributed by atoms with Crippen LogP contribution in [0.25, 0.3) is 0 Å². The molecule has 0 heterocycles. The monoisotopic (exact) mass is 117 g/mol. The van der Waals surface area contributed by atoms with Gasteiger partial charge in [-0.1, -0.05) is 0 Å². The minimum atomic E-state index is 1.07. The molecule has 2 heteroatoms. The minimum absolute atomic E-state index is 1.07. The van der Waals surface area contributed by atoms with Crippen LogP contribution in [0.4, 0.5) is 0 Å². The van der Waals surface area contributed by atoms with Gasteiger partial charge in [-0.25, -0.2) is 0 Å². The summed E-state index contributed by atoms with van der Waals surface area (Å²) in [6.45, 7) is 9.90. The third kappa shape index (κ3) is 2.99. The first-order chi connectivity index (χ1) is 3.85. The van der Waals surface area contributed by atoms with Crippen LogP contribution in [0.3, 0.4) is 0 Å². The van der Waals surface area contributed by atoms with Crippen LogP contribution in [0.2, 0.25) is 0 Å². The van der Waals surface area contributed by atoms with Crippen molar-refractivity contribution in [2.45, 2.75) is 20.8 Å². The molecule has 50 valence electrons. The Kier molecular flexibility index (Phi) is 5.01. The van der Waals surface area contributed by atoms with Crippen molar-refractivity contribution in [3.63, 3.8) is 0 Å². The van der Waals surface area contributed by atoms with Gasteiger partial charge in [0.15, 0.2) is 0 Å². The molecule has 0 aliphatic carbocycles. The van der Waals surface area contributed by atoms with Crippen molar-refractivity contribution in [3.05, 3.63) is 0 Å². The number of quaternary nitrogens is 1. The molecule has 0 bridgehead atoms. The summed E-state index contributed by atoms with van der Waals surface area (Å²) in [5.74, 6) is 0. The summed E-state index contributed by atoms with van der Waals surface area (Å²) >= 11 is 0. The molecule has 2 nitrogen and oxygen atoms in total. The standard InChI is InChI=1S/C6H16N2/c1-4-7-8(5-2)6-3/h7H,4-6H2,1-3H3/p+1. The maximum Gasteiger partial charge on any atom is 0.0917 e. The van der Waals surface area contributed by atoms with Gasteiger partial charge in [0.05, 0.1) is 13.1 Å². The number of hydrogen-bond acceptors (Lipinski definition) is 1. The van der Waals surface area contributed by atoms with E-state index in [-0.39, 0.29) is 0 Å². The normalized spacial score (nSPS) is 10.5. The van der Waals surface area contributed by atoms with Crippen LogP contribution in [-0.2, 0) is 0 Å². The smallest absolute Gasteiger partial charge is 0.0917 e. The summed E-state index contributed by atoms with van der Waals surface area (Å²) in [6, 6.07) is 0. The topological polar surface area (TPSA) is 16.5 Å². The Morgan fingerprint density at radius 2 is 1.62 bits per heavy atom. The van der Waals surface area contributed by atoms with Crippen molar-refractivity contribution in [1.82, 2.24) is 5.43 Å². The molecule has 0 aromatic carbocycles. The highest BCUT2D eigenvalue weighted by Crippen LogP contribution is 1.43. The first-order valence-corrected chi connectivity index (χ1v) is 3.43. The lowest BCUT2D eigenvalue weighted by Crippen LogP contribution is -3.18. The second-order valence-electron chi connectivity index (χ2n) is 1.84. The quantitative estimate of drug-likeness (QED) is 0.472. The van der Waals surface area contributed by atoms with Crippen molar-refractivity contribution in [2.75, 3.05) is 19.6 Å². The maximum absolute atomic E-state index is 3.30. The van der Waals surface area contributed by atoms with Crippen LogP contribution < -0.4 is 10.4 Å². The third-order valence-corrected chi connectivity index (χ3v) is 1.28. The Bertz CT molecular complexity index is 41.8. The molecule has 0 amide bonds. The average molecular weight is 117 g/mol. The highest BCUT2D eigenvalue weighted by molar-refractivity contribution is 4.14. The molecular formula is C6H17N2+. The lowest BCUT2D eigenvalue weighted by Gasteiger charge is -2.13. The predicted octanol–water partition coefficient (Wildman–Crippen LogP) is -0.564. The molecule has 2 N–H and O–H groups in total. The van der Waals surface area contributed by atoms with Crippen LogP contribution in [0.1, 0.15) is 20.8 Å². The first-order valence-electron chi connectivity index (χ1n) is 3.43. The molecule has 0 aromatic heterocycles. The van der Waals surface area contributed by atoms with Crippen LogP contribution in [0.15, 0.2) is 0 Å². The molecule has 0 atom stereocenters. The lowest BCUT2D eigenvalue weighted by atomic mass is 10.6. The SMILES string of the molecule is CCN[NH+](CC)CC. The zero-order valence-electron chi connectivity index (χ0n) is 6.12. The molecule has 0 unspecified atom stereocenters. The molecule has 0 spiro atoms. The molecule has 0 saturated carbocycles. The summed E-state index contributed by atoms with van der Waals surface area (Å²) in [5.41, 5.74) is 3.30. The Hall–Kier alpha value is -0.0800. The molecule has 8 heavy (non-hydrogen) atoms. The van der Waals surface area contributed by atoms with Crippen molar-refractivity contribution >= 4 is 0 Å². The van der Waals surface area contributed by atoms with E-state index < -0.39 is 0 Å². The van der Waals surface area contributed by atoms with Crippen molar-refractivity contribution in [2.24, 2.45) is 0 Å². The summed E-state index contributed by atoms with van der Waals surface area (Å²) in [4.78, 5) is 0. The molecule has 0 rings (SSSR count). The largest absolute Gasteiger partial charge is 0.258 e. The maximum atomic E-state index is 3.30. The molecule has 0 aliphatic rings. The second kappa shape index (κ2) is 5.06. The fourth-order valence-corrected chi connectivity index (χ4v) is 0.750. The van der Waals surface area contributed by atoms with Gasteiger partial charge in [-0.2, -0.15) is 5.43 Å². The molecule has 0 aromatic rings. The Morgan fingerprint density at radius 1 is 1.12 bits per heavy atom. The molecule has 0 saturated heterocycles. The zero-order chi connectivity index (χ0) is 6.41. The Labute approximate surface area is 51.8 Å². The third-order valence-electron chi connectivity index (χ3n) is 1.28. The molecule has 0 radical (unpaired) electrons. The van der Waals surface area contributed by atoms with Gasteiger partial charge in [0.1, 0.15) is 0 Å². The van der Waals surface area contributed by atoms with Gasteiger partial charge >= 0.3 is 0 Å². The summed E-state index contributed by atoms with van der Waals surface area (Å²) in [7, 11) is 0. The number of nitrogens with one attached hydrogen (secondary N) is 2. The van der Waals surface area contributed by atoms with Gasteiger partial charge in [-0.15, -0.1) is 0 Å². The summed E-state index contributed by atoms with van der Waals surface area (Å²) < 4.78 is 0. The van der Waals surface area contributed by atoms with Gasteiger partial charge < -0.3 is 0 Å². The van der Waals surface area contributed by atoms with E-state index in [2.05, 4.69) is 26.2 Å². The van der Waals surface area contributed by atoms with Crippen molar-refractivity contribution in [3.8, 4) is 0 Å². The van der Waals surface area contributed by atoms with Crippen LogP contribution in [0, 0.1) is 0 Å². The molecular weight excluding hydrogens is 100 g/mol. The van der Waals surface area contributed by atoms with Gasteiger partial charge in [-0.05, 0) is 20.8 Å². The fraction of sp³-hybridized carbons (Fsp3) is 1.00. The number of rotatable bonds is 4. The average Bonchev–Trinajstić information content (AvgIpc) is 1.83. The van der Waals surface area contributed by atoms with E-state index in [4.69, 9.17) is 0 Å². The highest BCUT2D eigenvalue weighted by Gasteiger charge is 1.95. The lowest BCUT2D eigenvalue weighted by molar-refractivity contribution is -0.941. The second-order valence-corrected chi connectivity index (χ2v) is 1.84. The summed E-state index contributed by atoms with van der Waals surface area (Å²) in [5, 5.41) is 1.47. The molecule has 0 fully saturated rings. The highest BCUT2D eigenvalue weighted by atomic mass is 15.5. The van der Waals surface area contributed by atoms with Gasteiger partial charge in [0.25, 0.3) is 0 Å². The van der Waals surface area contributed by atoms with E-state index in [1.54, 1.807) is 0 Å². The van der Waals surface area contributed by atoms with Crippen LogP contribution >= 0.6 is 0 Å². The summed E-state index contributed by atoms with van der Waals surface area (Å²) in [6.07, 6.45) is 0. The first kappa shape index (κ1) is 7.92. The van der Waals surface area contributed by atoms with Crippen molar-refractivity contribution in [1.29, 1.82) is 0 Å². The van der Waals surface area contributed by atoms with Gasteiger partial charge in [-0.3, -0.25) is 5.01 Å². The van der Waals surface area contributed by atoms with Crippen LogP contribution in [0.5, 0.6) is 0 Å². The van der Waals surface area contributed by atoms with E-state index in [0.29, 0.717) is 0 Å². The van der Waals surface area contributed by atoms with Gasteiger partial charge in [0, 0.05) is 6.54 Å². The van der Waals surface area contributed by atoms with Crippen molar-refractivity contribution < 1.29 is 5.01 Å². The van der Waals surface area contributed by atoms with Crippen LogP contribution in [-0.4, -0.2) is 19.6 Å². The van der Waals surface area contributed by atoms with E-state index in [9.17, 15) is 0 Å². The minimum Gasteiger partial charge on any atom is -0.258 e. The Morgan fingerprint density at radius 3 is 1.75 bits per heavy atom. The molecule has 0 aliphatic heterocycles. The van der Waals surface area contributed by atoms with Gasteiger partial charge in [0.2, 0.25) is 0 Å². The zero-order valence-corrected chi connectivity index (χ0v) is 6.12.